The lowest BCUT2D eigenvalue weighted by Gasteiger charge is -2.30. The van der Waals surface area contributed by atoms with Gasteiger partial charge in [0.15, 0.2) is 0 Å². The minimum Gasteiger partial charge on any atom is -0.444 e. The van der Waals surface area contributed by atoms with Gasteiger partial charge in [0, 0.05) is 13.1 Å². The summed E-state index contributed by atoms with van der Waals surface area (Å²) in [6.07, 6.45) is -0.330. The quantitative estimate of drug-likeness (QED) is 0.913. The van der Waals surface area contributed by atoms with Crippen LogP contribution in [0.5, 0.6) is 0 Å². The monoisotopic (exact) mass is 307 g/mol. The van der Waals surface area contributed by atoms with Crippen molar-refractivity contribution in [3.63, 3.8) is 0 Å². The highest BCUT2D eigenvalue weighted by atomic mass is 19.1. The van der Waals surface area contributed by atoms with Crippen molar-refractivity contribution in [2.45, 2.75) is 32.9 Å². The zero-order valence-corrected chi connectivity index (χ0v) is 13.2. The van der Waals surface area contributed by atoms with E-state index in [4.69, 9.17) is 4.74 Å². The molecule has 0 aliphatic carbocycles. The second-order valence-corrected chi connectivity index (χ2v) is 6.21. The molecule has 2 rings (SSSR count). The van der Waals surface area contributed by atoms with Crippen LogP contribution in [0, 0.1) is 5.82 Å². The van der Waals surface area contributed by atoms with E-state index in [-0.39, 0.29) is 11.9 Å². The van der Waals surface area contributed by atoms with E-state index in [1.54, 1.807) is 17.0 Å². The van der Waals surface area contributed by atoms with Crippen molar-refractivity contribution in [3.05, 3.63) is 35.6 Å². The average molecular weight is 307 g/mol. The van der Waals surface area contributed by atoms with Gasteiger partial charge in [0.2, 0.25) is 0 Å². The van der Waals surface area contributed by atoms with Gasteiger partial charge in [-0.25, -0.2) is 9.18 Å². The second kappa shape index (κ2) is 6.77. The zero-order valence-electron chi connectivity index (χ0n) is 13.2. The largest absolute Gasteiger partial charge is 0.444 e. The van der Waals surface area contributed by atoms with Gasteiger partial charge in [-0.1, -0.05) is 12.1 Å². The van der Waals surface area contributed by atoms with Crippen molar-refractivity contribution in [3.8, 4) is 0 Å². The SMILES string of the molecule is CC(C)(C)OC(=O)N1CCN=C(NCc2ccc(F)cc2)C1. The molecule has 0 aromatic heterocycles. The molecule has 1 N–H and O–H groups in total. The van der Waals surface area contributed by atoms with E-state index in [9.17, 15) is 9.18 Å². The molecule has 1 amide bonds. The van der Waals surface area contributed by atoms with Crippen LogP contribution in [0.4, 0.5) is 9.18 Å². The third kappa shape index (κ3) is 5.02. The first kappa shape index (κ1) is 16.3. The number of rotatable bonds is 2. The number of halogens is 1. The normalized spacial score (nSPS) is 15.3. The molecule has 1 aliphatic heterocycles. The summed E-state index contributed by atoms with van der Waals surface area (Å²) >= 11 is 0. The predicted octanol–water partition coefficient (Wildman–Crippen LogP) is 2.56. The predicted molar refractivity (Wildman–Crippen MR) is 83.3 cm³/mol. The Kier molecular flexibility index (Phi) is 5.00. The molecule has 0 radical (unpaired) electrons. The summed E-state index contributed by atoms with van der Waals surface area (Å²) in [5.74, 6) is 0.483. The number of carbonyl (C=O) groups excluding carboxylic acids is 1. The van der Waals surface area contributed by atoms with Gasteiger partial charge in [-0.05, 0) is 38.5 Å². The van der Waals surface area contributed by atoms with Crippen molar-refractivity contribution in [2.75, 3.05) is 19.6 Å². The molecular weight excluding hydrogens is 285 g/mol. The maximum atomic E-state index is 12.9. The van der Waals surface area contributed by atoms with Gasteiger partial charge in [0.05, 0.1) is 13.1 Å². The number of hydrogen-bond donors (Lipinski definition) is 1. The molecule has 0 saturated heterocycles. The van der Waals surface area contributed by atoms with Crippen molar-refractivity contribution in [1.29, 1.82) is 0 Å². The Bertz CT molecular complexity index is 550. The molecule has 0 bridgehead atoms. The molecule has 0 spiro atoms. The standard InChI is InChI=1S/C16H22FN3O2/c1-16(2,3)22-15(21)20-9-8-18-14(11-20)19-10-12-4-6-13(17)7-5-12/h4-7H,8-11H2,1-3H3,(H,18,19). The second-order valence-electron chi connectivity index (χ2n) is 6.21. The van der Waals surface area contributed by atoms with Gasteiger partial charge in [0.1, 0.15) is 17.3 Å². The summed E-state index contributed by atoms with van der Waals surface area (Å²) in [4.78, 5) is 18.1. The van der Waals surface area contributed by atoms with Crippen LogP contribution in [0.2, 0.25) is 0 Å². The molecule has 1 aliphatic rings. The van der Waals surface area contributed by atoms with Gasteiger partial charge in [-0.15, -0.1) is 0 Å². The molecule has 1 heterocycles. The topological polar surface area (TPSA) is 53.9 Å². The van der Waals surface area contributed by atoms with E-state index in [2.05, 4.69) is 10.3 Å². The molecule has 5 nitrogen and oxygen atoms in total. The Labute approximate surface area is 130 Å². The van der Waals surface area contributed by atoms with Crippen molar-refractivity contribution >= 4 is 11.9 Å². The third-order valence-electron chi connectivity index (χ3n) is 3.07. The molecule has 22 heavy (non-hydrogen) atoms. The lowest BCUT2D eigenvalue weighted by molar-refractivity contribution is 0.0276. The van der Waals surface area contributed by atoms with Gasteiger partial charge in [-0.3, -0.25) is 9.89 Å². The van der Waals surface area contributed by atoms with Crippen LogP contribution in [0.15, 0.2) is 29.3 Å². The minimum absolute atomic E-state index is 0.255. The number of hydrogen-bond acceptors (Lipinski definition) is 4. The molecule has 6 heteroatoms. The van der Waals surface area contributed by atoms with Crippen LogP contribution in [0.25, 0.3) is 0 Å². The summed E-state index contributed by atoms with van der Waals surface area (Å²) in [6, 6.07) is 6.29. The number of ether oxygens (including phenoxy) is 1. The van der Waals surface area contributed by atoms with Gasteiger partial charge in [0.25, 0.3) is 0 Å². The van der Waals surface area contributed by atoms with E-state index in [1.807, 2.05) is 20.8 Å². The first-order valence-corrected chi connectivity index (χ1v) is 7.33. The van der Waals surface area contributed by atoms with Crippen LogP contribution in [0.1, 0.15) is 26.3 Å². The number of amidine groups is 1. The van der Waals surface area contributed by atoms with E-state index in [0.717, 1.165) is 11.4 Å². The lowest BCUT2D eigenvalue weighted by atomic mass is 10.2. The molecular formula is C16H22FN3O2. The van der Waals surface area contributed by atoms with Crippen LogP contribution in [-0.2, 0) is 11.3 Å². The fourth-order valence-corrected chi connectivity index (χ4v) is 2.02. The smallest absolute Gasteiger partial charge is 0.410 e. The van der Waals surface area contributed by atoms with E-state index in [0.29, 0.717) is 26.2 Å². The number of amides is 1. The van der Waals surface area contributed by atoms with Crippen LogP contribution < -0.4 is 5.32 Å². The summed E-state index contributed by atoms with van der Waals surface area (Å²) < 4.78 is 18.2. The number of carbonyl (C=O) groups is 1. The summed E-state index contributed by atoms with van der Waals surface area (Å²) in [7, 11) is 0. The molecule has 0 fully saturated rings. The summed E-state index contributed by atoms with van der Waals surface area (Å²) in [5, 5.41) is 3.18. The fourth-order valence-electron chi connectivity index (χ4n) is 2.02. The Hall–Kier alpha value is -2.11. The summed E-state index contributed by atoms with van der Waals surface area (Å²) in [6.45, 7) is 7.57. The lowest BCUT2D eigenvalue weighted by Crippen LogP contribution is -2.47. The third-order valence-corrected chi connectivity index (χ3v) is 3.07. The number of nitrogens with one attached hydrogen (secondary N) is 1. The molecule has 0 saturated carbocycles. The number of benzene rings is 1. The molecule has 1 aromatic rings. The Morgan fingerprint density at radius 3 is 2.68 bits per heavy atom. The zero-order chi connectivity index (χ0) is 16.2. The molecule has 0 atom stereocenters. The van der Waals surface area contributed by atoms with Crippen molar-refractivity contribution < 1.29 is 13.9 Å². The van der Waals surface area contributed by atoms with E-state index in [1.165, 1.54) is 12.1 Å². The first-order valence-electron chi connectivity index (χ1n) is 7.33. The number of nitrogens with zero attached hydrogens (tertiary/aromatic N) is 2. The van der Waals surface area contributed by atoms with E-state index >= 15 is 0 Å². The average Bonchev–Trinajstić information content (AvgIpc) is 2.45. The molecule has 120 valence electrons. The Morgan fingerprint density at radius 2 is 2.05 bits per heavy atom. The molecule has 0 unspecified atom stereocenters. The number of aliphatic imine (C=N–C) groups is 1. The summed E-state index contributed by atoms with van der Waals surface area (Å²) in [5.41, 5.74) is 0.450. The highest BCUT2D eigenvalue weighted by molar-refractivity contribution is 5.87. The minimum atomic E-state index is -0.507. The van der Waals surface area contributed by atoms with Crippen LogP contribution in [0.3, 0.4) is 0 Å². The van der Waals surface area contributed by atoms with Gasteiger partial charge < -0.3 is 10.1 Å². The van der Waals surface area contributed by atoms with Crippen LogP contribution in [-0.4, -0.2) is 42.1 Å². The van der Waals surface area contributed by atoms with Crippen LogP contribution >= 0.6 is 0 Å². The maximum Gasteiger partial charge on any atom is 0.410 e. The maximum absolute atomic E-state index is 12.9. The highest BCUT2D eigenvalue weighted by Crippen LogP contribution is 2.11. The fraction of sp³-hybridized carbons (Fsp3) is 0.500. The molecule has 1 aromatic carbocycles. The Morgan fingerprint density at radius 1 is 1.36 bits per heavy atom. The van der Waals surface area contributed by atoms with Crippen molar-refractivity contribution in [1.82, 2.24) is 10.2 Å². The first-order chi connectivity index (χ1) is 10.3. The van der Waals surface area contributed by atoms with Crippen molar-refractivity contribution in [2.24, 2.45) is 4.99 Å². The van der Waals surface area contributed by atoms with Gasteiger partial charge >= 0.3 is 6.09 Å². The van der Waals surface area contributed by atoms with Gasteiger partial charge in [-0.2, -0.15) is 0 Å². The Balaban J connectivity index is 1.86. The highest BCUT2D eigenvalue weighted by Gasteiger charge is 2.24. The van der Waals surface area contributed by atoms with E-state index < -0.39 is 5.60 Å².